The van der Waals surface area contributed by atoms with Gasteiger partial charge in [0.1, 0.15) is 5.76 Å². The van der Waals surface area contributed by atoms with Crippen molar-refractivity contribution in [2.75, 3.05) is 42.9 Å². The lowest BCUT2D eigenvalue weighted by atomic mass is 10.2. The summed E-state index contributed by atoms with van der Waals surface area (Å²) in [5.41, 5.74) is 1.71. The molecule has 0 aliphatic carbocycles. The molecule has 1 fully saturated rings. The second-order valence-corrected chi connectivity index (χ2v) is 6.50. The summed E-state index contributed by atoms with van der Waals surface area (Å²) in [6.07, 6.45) is 4.63. The third-order valence-corrected chi connectivity index (χ3v) is 4.77. The first kappa shape index (κ1) is 17.6. The topological polar surface area (TPSA) is 49.9 Å². The van der Waals surface area contributed by atoms with Gasteiger partial charge >= 0.3 is 0 Å². The Bertz CT molecular complexity index is 735. The summed E-state index contributed by atoms with van der Waals surface area (Å²) in [7, 11) is 0. The Morgan fingerprint density at radius 3 is 2.80 bits per heavy atom. The average molecular weight is 361 g/mol. The van der Waals surface area contributed by atoms with Gasteiger partial charge in [-0.1, -0.05) is 11.6 Å². The highest BCUT2D eigenvalue weighted by Crippen LogP contribution is 2.29. The molecule has 0 unspecified atom stereocenters. The first-order valence-corrected chi connectivity index (χ1v) is 8.94. The van der Waals surface area contributed by atoms with E-state index in [9.17, 15) is 4.79 Å². The molecule has 0 radical (unpaired) electrons. The number of rotatable bonds is 5. The van der Waals surface area contributed by atoms with Gasteiger partial charge < -0.3 is 19.5 Å². The Hall–Kier alpha value is -2.24. The van der Waals surface area contributed by atoms with E-state index in [1.165, 1.54) is 6.08 Å². The Kier molecular flexibility index (Phi) is 5.79. The van der Waals surface area contributed by atoms with Gasteiger partial charge in [-0.25, -0.2) is 0 Å². The fourth-order valence-corrected chi connectivity index (χ4v) is 3.29. The van der Waals surface area contributed by atoms with Crippen molar-refractivity contribution in [3.8, 4) is 0 Å². The molecule has 0 bridgehead atoms. The third kappa shape index (κ3) is 4.65. The van der Waals surface area contributed by atoms with Crippen LogP contribution in [0, 0.1) is 0 Å². The summed E-state index contributed by atoms with van der Waals surface area (Å²) in [5, 5.41) is 3.48. The van der Waals surface area contributed by atoms with Crippen molar-refractivity contribution in [2.24, 2.45) is 0 Å². The van der Waals surface area contributed by atoms with Crippen LogP contribution < -0.4 is 15.1 Å². The van der Waals surface area contributed by atoms with Gasteiger partial charge in [-0.2, -0.15) is 0 Å². The van der Waals surface area contributed by atoms with Crippen LogP contribution in [0.1, 0.15) is 12.7 Å². The number of carbonyl (C=O) groups is 1. The number of quaternary nitrogens is 1. The highest BCUT2D eigenvalue weighted by molar-refractivity contribution is 6.33. The van der Waals surface area contributed by atoms with Gasteiger partial charge in [-0.05, 0) is 43.3 Å². The predicted molar refractivity (Wildman–Crippen MR) is 101 cm³/mol. The lowest BCUT2D eigenvalue weighted by Crippen LogP contribution is -3.14. The highest BCUT2D eigenvalue weighted by atomic mass is 35.5. The van der Waals surface area contributed by atoms with Crippen molar-refractivity contribution in [1.29, 1.82) is 0 Å². The number of furan rings is 1. The molecule has 3 rings (SSSR count). The summed E-state index contributed by atoms with van der Waals surface area (Å²) >= 11 is 6.44. The normalized spacial score (nSPS) is 15.7. The SMILES string of the molecule is CC[NH+]1CCN(c2ccc(NC(=O)C=Cc3ccco3)cc2Cl)CC1. The van der Waals surface area contributed by atoms with Crippen molar-refractivity contribution in [1.82, 2.24) is 0 Å². The van der Waals surface area contributed by atoms with E-state index in [0.29, 0.717) is 16.5 Å². The molecule has 1 saturated heterocycles. The van der Waals surface area contributed by atoms with Crippen LogP contribution in [-0.4, -0.2) is 38.6 Å². The minimum absolute atomic E-state index is 0.222. The Morgan fingerprint density at radius 1 is 1.36 bits per heavy atom. The molecule has 1 aromatic heterocycles. The zero-order valence-corrected chi connectivity index (χ0v) is 15.1. The largest absolute Gasteiger partial charge is 0.465 e. The summed E-state index contributed by atoms with van der Waals surface area (Å²) in [4.78, 5) is 15.9. The fraction of sp³-hybridized carbons (Fsp3) is 0.316. The smallest absolute Gasteiger partial charge is 0.248 e. The van der Waals surface area contributed by atoms with E-state index < -0.39 is 0 Å². The number of anilines is 2. The van der Waals surface area contributed by atoms with Crippen molar-refractivity contribution in [2.45, 2.75) is 6.92 Å². The van der Waals surface area contributed by atoms with Crippen LogP contribution in [0.5, 0.6) is 0 Å². The minimum Gasteiger partial charge on any atom is -0.465 e. The summed E-state index contributed by atoms with van der Waals surface area (Å²) < 4.78 is 5.16. The molecular formula is C19H23ClN3O2+. The number of amides is 1. The molecule has 25 heavy (non-hydrogen) atoms. The summed E-state index contributed by atoms with van der Waals surface area (Å²) in [6, 6.07) is 9.23. The molecule has 0 spiro atoms. The van der Waals surface area contributed by atoms with Crippen molar-refractivity contribution in [3.05, 3.63) is 53.5 Å². The molecule has 0 saturated carbocycles. The zero-order valence-electron chi connectivity index (χ0n) is 14.3. The predicted octanol–water partition coefficient (Wildman–Crippen LogP) is 2.31. The lowest BCUT2D eigenvalue weighted by molar-refractivity contribution is -0.898. The first-order valence-electron chi connectivity index (χ1n) is 8.56. The number of piperazine rings is 1. The number of hydrogen-bond acceptors (Lipinski definition) is 3. The van der Waals surface area contributed by atoms with Crippen molar-refractivity contribution in [3.63, 3.8) is 0 Å². The number of carbonyl (C=O) groups excluding carboxylic acids is 1. The third-order valence-electron chi connectivity index (χ3n) is 4.47. The van der Waals surface area contributed by atoms with Crippen LogP contribution >= 0.6 is 11.6 Å². The number of nitrogens with zero attached hydrogens (tertiary/aromatic N) is 1. The van der Waals surface area contributed by atoms with E-state index in [-0.39, 0.29) is 5.91 Å². The van der Waals surface area contributed by atoms with Crippen LogP contribution in [0.2, 0.25) is 5.02 Å². The molecule has 1 amide bonds. The van der Waals surface area contributed by atoms with Gasteiger partial charge in [0.2, 0.25) is 5.91 Å². The van der Waals surface area contributed by atoms with Gasteiger partial charge in [0.05, 0.1) is 49.7 Å². The molecule has 0 atom stereocenters. The lowest BCUT2D eigenvalue weighted by Gasteiger charge is -2.33. The first-order chi connectivity index (χ1) is 12.2. The molecule has 1 aliphatic rings. The summed E-state index contributed by atoms with van der Waals surface area (Å²) in [5.74, 6) is 0.414. The van der Waals surface area contributed by atoms with Crippen molar-refractivity contribution < 1.29 is 14.1 Å². The molecule has 1 aliphatic heterocycles. The van der Waals surface area contributed by atoms with Gasteiger partial charge in [-0.3, -0.25) is 4.79 Å². The highest BCUT2D eigenvalue weighted by Gasteiger charge is 2.20. The quantitative estimate of drug-likeness (QED) is 0.804. The fourth-order valence-electron chi connectivity index (χ4n) is 2.99. The van der Waals surface area contributed by atoms with E-state index in [2.05, 4.69) is 17.1 Å². The van der Waals surface area contributed by atoms with Gasteiger partial charge in [0.15, 0.2) is 0 Å². The Balaban J connectivity index is 1.61. The van der Waals surface area contributed by atoms with E-state index in [1.807, 2.05) is 12.1 Å². The number of benzene rings is 1. The molecule has 6 heteroatoms. The molecule has 2 heterocycles. The molecule has 5 nitrogen and oxygen atoms in total. The second-order valence-electron chi connectivity index (χ2n) is 6.09. The van der Waals surface area contributed by atoms with E-state index >= 15 is 0 Å². The second kappa shape index (κ2) is 8.23. The number of halogens is 1. The van der Waals surface area contributed by atoms with Crippen LogP contribution in [0.4, 0.5) is 11.4 Å². The molecule has 1 aromatic carbocycles. The maximum absolute atomic E-state index is 12.0. The minimum atomic E-state index is -0.222. The number of hydrogen-bond donors (Lipinski definition) is 2. The van der Waals surface area contributed by atoms with Gasteiger partial charge in [0.25, 0.3) is 0 Å². The van der Waals surface area contributed by atoms with Crippen molar-refractivity contribution >= 4 is 35.0 Å². The average Bonchev–Trinajstić information content (AvgIpc) is 3.14. The summed E-state index contributed by atoms with van der Waals surface area (Å²) in [6.45, 7) is 7.64. The monoisotopic (exact) mass is 360 g/mol. The maximum atomic E-state index is 12.0. The number of nitrogens with one attached hydrogen (secondary N) is 2. The van der Waals surface area contributed by atoms with Gasteiger partial charge in [0, 0.05) is 11.8 Å². The van der Waals surface area contributed by atoms with Crippen LogP contribution in [0.25, 0.3) is 6.08 Å². The van der Waals surface area contributed by atoms with Crippen LogP contribution in [0.15, 0.2) is 47.1 Å². The van der Waals surface area contributed by atoms with E-state index in [1.54, 1.807) is 35.4 Å². The number of likely N-dealkylation sites (N-methyl/N-ethyl adjacent to an activating group) is 1. The van der Waals surface area contributed by atoms with E-state index in [4.69, 9.17) is 16.0 Å². The van der Waals surface area contributed by atoms with E-state index in [0.717, 1.165) is 38.4 Å². The van der Waals surface area contributed by atoms with Crippen LogP contribution in [0.3, 0.4) is 0 Å². The maximum Gasteiger partial charge on any atom is 0.248 e. The molecule has 2 N–H and O–H groups in total. The van der Waals surface area contributed by atoms with Gasteiger partial charge in [-0.15, -0.1) is 0 Å². The zero-order chi connectivity index (χ0) is 17.6. The Morgan fingerprint density at radius 2 is 2.16 bits per heavy atom. The molecular weight excluding hydrogens is 338 g/mol. The van der Waals surface area contributed by atoms with Crippen LogP contribution in [-0.2, 0) is 4.79 Å². The molecule has 2 aromatic rings. The molecule has 132 valence electrons. The Labute approximate surface area is 152 Å². The standard InChI is InChI=1S/C19H22ClN3O2/c1-2-22-9-11-23(12-10-22)18-7-5-15(14-17(18)20)21-19(24)8-6-16-4-3-13-25-16/h3-8,13-14H,2,9-12H2,1H3,(H,21,24)/p+1.